The molecule has 0 aliphatic heterocycles. The summed E-state index contributed by atoms with van der Waals surface area (Å²) >= 11 is 0. The Bertz CT molecular complexity index is 1460. The van der Waals surface area contributed by atoms with Gasteiger partial charge in [-0.05, 0) is 47.7 Å². The molecule has 4 aromatic rings. The van der Waals surface area contributed by atoms with Crippen LogP contribution in [-0.2, 0) is 17.8 Å². The van der Waals surface area contributed by atoms with Crippen LogP contribution in [0.1, 0.15) is 33.5 Å². The van der Waals surface area contributed by atoms with E-state index in [9.17, 15) is 19.8 Å². The third-order valence-electron chi connectivity index (χ3n) is 6.31. The van der Waals surface area contributed by atoms with Crippen molar-refractivity contribution in [3.05, 3.63) is 95.1 Å². The van der Waals surface area contributed by atoms with Gasteiger partial charge in [-0.25, -0.2) is 4.79 Å². The summed E-state index contributed by atoms with van der Waals surface area (Å²) in [5, 5.41) is 20.2. The molecule has 0 spiro atoms. The van der Waals surface area contributed by atoms with Crippen LogP contribution >= 0.6 is 0 Å². The first-order chi connectivity index (χ1) is 16.5. The fraction of sp³-hybridized carbons (Fsp3) is 0.143. The third-order valence-corrected chi connectivity index (χ3v) is 6.31. The molecule has 34 heavy (non-hydrogen) atoms. The predicted molar refractivity (Wildman–Crippen MR) is 130 cm³/mol. The number of hydrogen-bond acceptors (Lipinski definition) is 3. The van der Waals surface area contributed by atoms with Crippen molar-refractivity contribution in [1.29, 1.82) is 0 Å². The minimum atomic E-state index is -1.06. The summed E-state index contributed by atoms with van der Waals surface area (Å²) in [5.41, 5.74) is 6.35. The van der Waals surface area contributed by atoms with Crippen molar-refractivity contribution in [2.24, 2.45) is 0 Å². The zero-order chi connectivity index (χ0) is 23.8. The average Bonchev–Trinajstić information content (AvgIpc) is 3.16. The van der Waals surface area contributed by atoms with Crippen LogP contribution in [0.5, 0.6) is 5.75 Å². The van der Waals surface area contributed by atoms with E-state index in [-0.39, 0.29) is 12.1 Å². The fourth-order valence-corrected chi connectivity index (χ4v) is 4.93. The zero-order valence-electron chi connectivity index (χ0n) is 18.6. The Morgan fingerprint density at radius 1 is 1.00 bits per heavy atom. The van der Waals surface area contributed by atoms with Gasteiger partial charge in [0.2, 0.25) is 0 Å². The van der Waals surface area contributed by atoms with Crippen molar-refractivity contribution in [3.63, 3.8) is 0 Å². The van der Waals surface area contributed by atoms with Crippen LogP contribution in [0.25, 0.3) is 27.7 Å². The summed E-state index contributed by atoms with van der Waals surface area (Å²) < 4.78 is 7.34. The van der Waals surface area contributed by atoms with Crippen molar-refractivity contribution < 1.29 is 24.5 Å². The molecule has 2 N–H and O–H groups in total. The zero-order valence-corrected chi connectivity index (χ0v) is 18.6. The number of carbonyl (C=O) groups is 2. The second-order valence-corrected chi connectivity index (χ2v) is 8.25. The van der Waals surface area contributed by atoms with Gasteiger partial charge >= 0.3 is 11.9 Å². The molecule has 6 nitrogen and oxygen atoms in total. The number of methoxy groups -OCH3 is 1. The van der Waals surface area contributed by atoms with Gasteiger partial charge in [0.05, 0.1) is 23.9 Å². The average molecular weight is 453 g/mol. The minimum absolute atomic E-state index is 0.113. The summed E-state index contributed by atoms with van der Waals surface area (Å²) in [7, 11) is 1.66. The normalized spacial score (nSPS) is 12.8. The molecular weight excluding hydrogens is 430 g/mol. The quantitative estimate of drug-likeness (QED) is 0.404. The molecule has 0 bridgehead atoms. The highest BCUT2D eigenvalue weighted by Crippen LogP contribution is 2.44. The molecule has 6 heteroatoms. The van der Waals surface area contributed by atoms with E-state index in [1.807, 2.05) is 42.5 Å². The molecule has 0 saturated carbocycles. The number of aromatic carboxylic acids is 1. The first-order valence-electron chi connectivity index (χ1n) is 11.0. The van der Waals surface area contributed by atoms with Gasteiger partial charge in [0.25, 0.3) is 0 Å². The summed E-state index contributed by atoms with van der Waals surface area (Å²) in [6.07, 6.45) is 3.84. The van der Waals surface area contributed by atoms with Crippen molar-refractivity contribution >= 4 is 28.4 Å². The number of fused-ring (bicyclic) bond motifs is 2. The SMILES string of the molecule is COc1cccc2c1CCC=C2c1c(-c2ccccc2)n(CC(=O)O)c2cc(C(=O)O)ccc12. The second kappa shape index (κ2) is 8.56. The lowest BCUT2D eigenvalue weighted by Crippen LogP contribution is -2.11. The molecule has 0 unspecified atom stereocenters. The van der Waals surface area contributed by atoms with Crippen molar-refractivity contribution in [1.82, 2.24) is 4.57 Å². The van der Waals surface area contributed by atoms with Gasteiger partial charge in [-0.1, -0.05) is 54.6 Å². The highest BCUT2D eigenvalue weighted by atomic mass is 16.5. The van der Waals surface area contributed by atoms with E-state index in [0.29, 0.717) is 5.52 Å². The molecule has 1 aliphatic carbocycles. The molecule has 1 heterocycles. The van der Waals surface area contributed by atoms with Crippen LogP contribution in [-0.4, -0.2) is 33.8 Å². The molecule has 0 amide bonds. The van der Waals surface area contributed by atoms with Crippen LogP contribution in [0.15, 0.2) is 72.8 Å². The Morgan fingerprint density at radius 3 is 2.50 bits per heavy atom. The smallest absolute Gasteiger partial charge is 0.335 e. The highest BCUT2D eigenvalue weighted by Gasteiger charge is 2.27. The number of benzene rings is 3. The van der Waals surface area contributed by atoms with E-state index in [0.717, 1.165) is 57.5 Å². The third kappa shape index (κ3) is 3.53. The van der Waals surface area contributed by atoms with Crippen molar-refractivity contribution in [2.75, 3.05) is 7.11 Å². The summed E-state index contributed by atoms with van der Waals surface area (Å²) in [6, 6.07) is 20.5. The largest absolute Gasteiger partial charge is 0.496 e. The Labute approximate surface area is 196 Å². The number of aromatic nitrogens is 1. The van der Waals surface area contributed by atoms with Gasteiger partial charge in [0.15, 0.2) is 0 Å². The molecule has 1 aromatic heterocycles. The molecule has 0 fully saturated rings. The summed E-state index contributed by atoms with van der Waals surface area (Å²) in [4.78, 5) is 23.6. The number of ether oxygens (including phenoxy) is 1. The van der Waals surface area contributed by atoms with Crippen LogP contribution in [0.4, 0.5) is 0 Å². The predicted octanol–water partition coefficient (Wildman–Crippen LogP) is 5.48. The number of aliphatic carboxylic acids is 1. The Kier molecular flexibility index (Phi) is 5.42. The number of allylic oxidation sites excluding steroid dienone is 1. The maximum absolute atomic E-state index is 11.9. The Hall–Kier alpha value is -4.32. The number of rotatable bonds is 6. The lowest BCUT2D eigenvalue weighted by Gasteiger charge is -2.21. The Morgan fingerprint density at radius 2 is 1.79 bits per heavy atom. The maximum Gasteiger partial charge on any atom is 0.335 e. The molecule has 0 atom stereocenters. The first-order valence-corrected chi connectivity index (χ1v) is 11.0. The molecule has 3 aromatic carbocycles. The van der Waals surface area contributed by atoms with E-state index in [1.54, 1.807) is 29.9 Å². The second-order valence-electron chi connectivity index (χ2n) is 8.25. The van der Waals surface area contributed by atoms with E-state index in [4.69, 9.17) is 4.74 Å². The van der Waals surface area contributed by atoms with Gasteiger partial charge in [0, 0.05) is 16.5 Å². The fourth-order valence-electron chi connectivity index (χ4n) is 4.93. The van der Waals surface area contributed by atoms with Crippen molar-refractivity contribution in [2.45, 2.75) is 19.4 Å². The lowest BCUT2D eigenvalue weighted by molar-refractivity contribution is -0.137. The van der Waals surface area contributed by atoms with E-state index in [2.05, 4.69) is 12.1 Å². The number of nitrogens with zero attached hydrogens (tertiary/aromatic N) is 1. The first kappa shape index (κ1) is 21.5. The maximum atomic E-state index is 11.9. The standard InChI is InChI=1S/C28H23NO5/c1-34-24-12-6-9-19-20(24)10-5-11-21(19)26-22-14-13-18(28(32)33)15-23(22)29(16-25(30)31)27(26)17-7-3-2-4-8-17/h2-4,6-9,11-15H,5,10,16H2,1H3,(H,30,31)(H,32,33). The summed E-state index contributed by atoms with van der Waals surface area (Å²) in [6.45, 7) is -0.290. The van der Waals surface area contributed by atoms with Gasteiger partial charge < -0.3 is 19.5 Å². The minimum Gasteiger partial charge on any atom is -0.496 e. The molecular formula is C28H23NO5. The van der Waals surface area contributed by atoms with Gasteiger partial charge in [-0.3, -0.25) is 4.79 Å². The van der Waals surface area contributed by atoms with Gasteiger partial charge in [-0.2, -0.15) is 0 Å². The van der Waals surface area contributed by atoms with E-state index < -0.39 is 11.9 Å². The number of carboxylic acid groups (broad SMARTS) is 2. The van der Waals surface area contributed by atoms with Crippen LogP contribution in [0.2, 0.25) is 0 Å². The van der Waals surface area contributed by atoms with E-state index in [1.165, 1.54) is 0 Å². The van der Waals surface area contributed by atoms with Crippen LogP contribution < -0.4 is 4.74 Å². The molecule has 0 saturated heterocycles. The lowest BCUT2D eigenvalue weighted by atomic mass is 9.84. The molecule has 0 radical (unpaired) electrons. The van der Waals surface area contributed by atoms with Gasteiger partial charge in [-0.15, -0.1) is 0 Å². The van der Waals surface area contributed by atoms with Gasteiger partial charge in [0.1, 0.15) is 12.3 Å². The molecule has 170 valence electrons. The Balaban J connectivity index is 1.90. The topological polar surface area (TPSA) is 88.8 Å². The molecule has 1 aliphatic rings. The number of carboxylic acids is 2. The monoisotopic (exact) mass is 453 g/mol. The van der Waals surface area contributed by atoms with Crippen molar-refractivity contribution in [3.8, 4) is 17.0 Å². The van der Waals surface area contributed by atoms with E-state index >= 15 is 0 Å². The number of hydrogen-bond donors (Lipinski definition) is 2. The van der Waals surface area contributed by atoms with Crippen LogP contribution in [0, 0.1) is 0 Å². The van der Waals surface area contributed by atoms with Crippen LogP contribution in [0.3, 0.4) is 0 Å². The highest BCUT2D eigenvalue weighted by molar-refractivity contribution is 6.07. The molecule has 5 rings (SSSR count). The summed E-state index contributed by atoms with van der Waals surface area (Å²) in [5.74, 6) is -1.23.